The van der Waals surface area contributed by atoms with E-state index >= 15 is 0 Å². The van der Waals surface area contributed by atoms with Crippen LogP contribution in [0.15, 0.2) is 29.6 Å². The minimum atomic E-state index is -0.105. The predicted octanol–water partition coefficient (Wildman–Crippen LogP) is 3.79. The molecule has 1 N–H and O–H groups in total. The van der Waals surface area contributed by atoms with E-state index in [1.807, 2.05) is 19.9 Å². The molecule has 2 aliphatic rings. The van der Waals surface area contributed by atoms with Crippen molar-refractivity contribution in [2.45, 2.75) is 57.8 Å². The van der Waals surface area contributed by atoms with Gasteiger partial charge < -0.3 is 14.8 Å². The number of hydrogen-bond acceptors (Lipinski definition) is 6. The van der Waals surface area contributed by atoms with Crippen molar-refractivity contribution in [1.82, 2.24) is 15.2 Å². The summed E-state index contributed by atoms with van der Waals surface area (Å²) in [6, 6.07) is 8.32. The lowest BCUT2D eigenvalue weighted by molar-refractivity contribution is -0.0765. The number of rotatable bonds is 7. The summed E-state index contributed by atoms with van der Waals surface area (Å²) in [4.78, 5) is 19.0. The van der Waals surface area contributed by atoms with E-state index in [0.29, 0.717) is 18.8 Å². The van der Waals surface area contributed by atoms with Crippen molar-refractivity contribution in [1.29, 1.82) is 0 Å². The Labute approximate surface area is 182 Å². The minimum absolute atomic E-state index is 0.0252. The SMILES string of the molecule is CCOc1ccccc1CN1CCC2(CC[C@@H](CNC(=O)c3csc(C)n3)O2)CC1. The summed E-state index contributed by atoms with van der Waals surface area (Å²) in [6.07, 6.45) is 4.26. The van der Waals surface area contributed by atoms with E-state index in [9.17, 15) is 4.79 Å². The van der Waals surface area contributed by atoms with Crippen LogP contribution in [0.4, 0.5) is 0 Å². The summed E-state index contributed by atoms with van der Waals surface area (Å²) in [5.74, 6) is 0.884. The van der Waals surface area contributed by atoms with E-state index < -0.39 is 0 Å². The summed E-state index contributed by atoms with van der Waals surface area (Å²) < 4.78 is 12.2. The number of nitrogens with zero attached hydrogens (tertiary/aromatic N) is 2. The average Bonchev–Trinajstić information content (AvgIpc) is 3.36. The smallest absolute Gasteiger partial charge is 0.270 e. The average molecular weight is 430 g/mol. The number of amides is 1. The number of carbonyl (C=O) groups excluding carboxylic acids is 1. The van der Waals surface area contributed by atoms with Crippen molar-refractivity contribution in [3.63, 3.8) is 0 Å². The molecule has 30 heavy (non-hydrogen) atoms. The molecule has 1 atom stereocenters. The lowest BCUT2D eigenvalue weighted by Crippen LogP contribution is -2.44. The Morgan fingerprint density at radius 2 is 2.13 bits per heavy atom. The first-order chi connectivity index (χ1) is 14.6. The molecule has 7 heteroatoms. The van der Waals surface area contributed by atoms with Crippen molar-refractivity contribution < 1.29 is 14.3 Å². The summed E-state index contributed by atoms with van der Waals surface area (Å²) in [5, 5.41) is 5.71. The summed E-state index contributed by atoms with van der Waals surface area (Å²) in [5.41, 5.74) is 1.73. The van der Waals surface area contributed by atoms with Gasteiger partial charge in [-0.1, -0.05) is 18.2 Å². The number of para-hydroxylation sites is 1. The monoisotopic (exact) mass is 429 g/mol. The molecule has 2 fully saturated rings. The first-order valence-corrected chi connectivity index (χ1v) is 11.8. The van der Waals surface area contributed by atoms with E-state index in [1.165, 1.54) is 16.9 Å². The van der Waals surface area contributed by atoms with Gasteiger partial charge in [0.05, 0.1) is 23.3 Å². The quantitative estimate of drug-likeness (QED) is 0.725. The molecule has 0 saturated carbocycles. The number of piperidine rings is 1. The van der Waals surface area contributed by atoms with Crippen LogP contribution in [-0.4, -0.2) is 53.7 Å². The number of hydrogen-bond donors (Lipinski definition) is 1. The third kappa shape index (κ3) is 5.02. The van der Waals surface area contributed by atoms with Gasteiger partial charge >= 0.3 is 0 Å². The first kappa shape index (κ1) is 21.3. The molecule has 1 amide bonds. The topological polar surface area (TPSA) is 63.7 Å². The number of benzene rings is 1. The van der Waals surface area contributed by atoms with Crippen molar-refractivity contribution in [2.24, 2.45) is 0 Å². The first-order valence-electron chi connectivity index (χ1n) is 10.9. The van der Waals surface area contributed by atoms with E-state index in [4.69, 9.17) is 9.47 Å². The normalized spacial score (nSPS) is 21.1. The highest BCUT2D eigenvalue weighted by Gasteiger charge is 2.42. The molecule has 2 aliphatic heterocycles. The fourth-order valence-electron chi connectivity index (χ4n) is 4.46. The Bertz CT molecular complexity index is 861. The van der Waals surface area contributed by atoms with Gasteiger partial charge in [-0.2, -0.15) is 0 Å². The molecule has 6 nitrogen and oxygen atoms in total. The van der Waals surface area contributed by atoms with Gasteiger partial charge in [0.2, 0.25) is 0 Å². The molecule has 1 spiro atoms. The largest absolute Gasteiger partial charge is 0.494 e. The number of aromatic nitrogens is 1. The fraction of sp³-hybridized carbons (Fsp3) is 0.565. The zero-order valence-corrected chi connectivity index (χ0v) is 18.7. The van der Waals surface area contributed by atoms with Gasteiger partial charge in [0.1, 0.15) is 11.4 Å². The van der Waals surface area contributed by atoms with Crippen molar-refractivity contribution >= 4 is 17.2 Å². The van der Waals surface area contributed by atoms with Crippen LogP contribution in [0.3, 0.4) is 0 Å². The van der Waals surface area contributed by atoms with E-state index in [1.54, 1.807) is 5.38 Å². The Kier molecular flexibility index (Phi) is 6.71. The van der Waals surface area contributed by atoms with Gasteiger partial charge in [-0.25, -0.2) is 4.98 Å². The zero-order chi connectivity index (χ0) is 21.0. The van der Waals surface area contributed by atoms with Crippen LogP contribution in [0.25, 0.3) is 0 Å². The van der Waals surface area contributed by atoms with Crippen LogP contribution in [0.2, 0.25) is 0 Å². The van der Waals surface area contributed by atoms with E-state index in [2.05, 4.69) is 33.4 Å². The highest BCUT2D eigenvalue weighted by Crippen LogP contribution is 2.39. The van der Waals surface area contributed by atoms with Gasteiger partial charge in [0.25, 0.3) is 5.91 Å². The molecule has 1 aromatic heterocycles. The molecule has 4 rings (SSSR count). The number of carbonyl (C=O) groups is 1. The van der Waals surface area contributed by atoms with E-state index in [0.717, 1.165) is 56.1 Å². The molecule has 162 valence electrons. The Hall–Kier alpha value is -1.96. The van der Waals surface area contributed by atoms with Crippen molar-refractivity contribution in [3.8, 4) is 5.75 Å². The van der Waals surface area contributed by atoms with Crippen LogP contribution in [-0.2, 0) is 11.3 Å². The van der Waals surface area contributed by atoms with Crippen LogP contribution < -0.4 is 10.1 Å². The van der Waals surface area contributed by atoms with Crippen LogP contribution in [0.1, 0.15) is 53.7 Å². The second-order valence-corrected chi connectivity index (χ2v) is 9.30. The van der Waals surface area contributed by atoms with Gasteiger partial charge in [0, 0.05) is 37.1 Å². The Morgan fingerprint density at radius 1 is 1.33 bits per heavy atom. The maximum absolute atomic E-state index is 12.2. The molecule has 0 radical (unpaired) electrons. The maximum atomic E-state index is 12.2. The number of likely N-dealkylation sites (tertiary alicyclic amines) is 1. The molecular weight excluding hydrogens is 398 g/mol. The second-order valence-electron chi connectivity index (χ2n) is 8.24. The van der Waals surface area contributed by atoms with Gasteiger partial charge in [-0.15, -0.1) is 11.3 Å². The standard InChI is InChI=1S/C23H31N3O3S/c1-3-28-21-7-5-4-6-18(21)15-26-12-10-23(11-13-26)9-8-19(29-23)14-24-22(27)20-16-30-17(2)25-20/h4-7,16,19H,3,8-15H2,1-2H3,(H,24,27)/t19-/m0/s1. The van der Waals surface area contributed by atoms with E-state index in [-0.39, 0.29) is 17.6 Å². The molecule has 2 aromatic rings. The van der Waals surface area contributed by atoms with Crippen molar-refractivity contribution in [2.75, 3.05) is 26.2 Å². The lowest BCUT2D eigenvalue weighted by atomic mass is 9.88. The lowest BCUT2D eigenvalue weighted by Gasteiger charge is -2.39. The summed E-state index contributed by atoms with van der Waals surface area (Å²) in [6.45, 7) is 8.15. The van der Waals surface area contributed by atoms with Gasteiger partial charge in [-0.05, 0) is 45.6 Å². The number of aryl methyl sites for hydroxylation is 1. The van der Waals surface area contributed by atoms with Gasteiger partial charge in [0.15, 0.2) is 0 Å². The van der Waals surface area contributed by atoms with Crippen LogP contribution in [0.5, 0.6) is 5.75 Å². The highest BCUT2D eigenvalue weighted by atomic mass is 32.1. The Balaban J connectivity index is 1.24. The van der Waals surface area contributed by atoms with Crippen LogP contribution >= 0.6 is 11.3 Å². The number of ether oxygens (including phenoxy) is 2. The molecule has 0 aliphatic carbocycles. The summed E-state index contributed by atoms with van der Waals surface area (Å²) in [7, 11) is 0. The molecule has 0 unspecified atom stereocenters. The maximum Gasteiger partial charge on any atom is 0.270 e. The minimum Gasteiger partial charge on any atom is -0.494 e. The third-order valence-electron chi connectivity index (χ3n) is 6.11. The highest BCUT2D eigenvalue weighted by molar-refractivity contribution is 7.09. The third-order valence-corrected chi connectivity index (χ3v) is 6.89. The molecule has 1 aromatic carbocycles. The number of nitrogens with one attached hydrogen (secondary N) is 1. The summed E-state index contributed by atoms with van der Waals surface area (Å²) >= 11 is 1.50. The van der Waals surface area contributed by atoms with Crippen molar-refractivity contribution in [3.05, 3.63) is 45.9 Å². The molecule has 2 saturated heterocycles. The predicted molar refractivity (Wildman–Crippen MR) is 118 cm³/mol. The second kappa shape index (κ2) is 9.45. The Morgan fingerprint density at radius 3 is 2.87 bits per heavy atom. The molecule has 3 heterocycles. The fourth-order valence-corrected chi connectivity index (χ4v) is 5.06. The van der Waals surface area contributed by atoms with Crippen LogP contribution in [0, 0.1) is 6.92 Å². The molecular formula is C23H31N3O3S. The van der Waals surface area contributed by atoms with Gasteiger partial charge in [-0.3, -0.25) is 9.69 Å². The molecule has 0 bridgehead atoms. The zero-order valence-electron chi connectivity index (χ0n) is 17.9. The number of thiazole rings is 1.